The van der Waals surface area contributed by atoms with Gasteiger partial charge in [0, 0.05) is 23.7 Å². The molecule has 0 saturated heterocycles. The summed E-state index contributed by atoms with van der Waals surface area (Å²) in [6.45, 7) is 3.84. The summed E-state index contributed by atoms with van der Waals surface area (Å²) in [5.74, 6) is -1.19. The normalized spacial score (nSPS) is 12.2. The number of rotatable bonds is 6. The van der Waals surface area contributed by atoms with Crippen molar-refractivity contribution in [3.05, 3.63) is 40.3 Å². The number of carboxylic acid groups (broad SMARTS) is 1. The smallest absolute Gasteiger partial charge is 0.352 e. The number of aromatic nitrogens is 1. The molecule has 2 heterocycles. The Labute approximate surface area is 127 Å². The number of thiophene rings is 1. The van der Waals surface area contributed by atoms with Gasteiger partial charge in [-0.3, -0.25) is 0 Å². The number of carbonyl (C=O) groups is 1. The molecular formula is C13H16N2O4S2. The molecule has 0 bridgehead atoms. The van der Waals surface area contributed by atoms with E-state index in [2.05, 4.69) is 4.98 Å². The van der Waals surface area contributed by atoms with Crippen LogP contribution in [0.15, 0.2) is 34.7 Å². The van der Waals surface area contributed by atoms with E-state index in [4.69, 9.17) is 5.11 Å². The number of hydrogen-bond donors (Lipinski definition) is 2. The fraction of sp³-hybridized carbons (Fsp3) is 0.308. The van der Waals surface area contributed by atoms with E-state index in [1.165, 1.54) is 21.8 Å². The van der Waals surface area contributed by atoms with Gasteiger partial charge in [0.15, 0.2) is 0 Å². The zero-order valence-electron chi connectivity index (χ0n) is 11.6. The summed E-state index contributed by atoms with van der Waals surface area (Å²) in [6.07, 6.45) is 1.21. The van der Waals surface area contributed by atoms with Crippen LogP contribution in [-0.4, -0.2) is 34.8 Å². The number of nitrogens with one attached hydrogen (secondary N) is 1. The van der Waals surface area contributed by atoms with Crippen LogP contribution in [-0.2, 0) is 16.6 Å². The van der Waals surface area contributed by atoms with Gasteiger partial charge in [-0.15, -0.1) is 11.3 Å². The zero-order chi connectivity index (χ0) is 15.6. The molecule has 2 aromatic rings. The summed E-state index contributed by atoms with van der Waals surface area (Å²) < 4.78 is 26.7. The quantitative estimate of drug-likeness (QED) is 0.852. The van der Waals surface area contributed by atoms with Gasteiger partial charge in [0.1, 0.15) is 10.6 Å². The van der Waals surface area contributed by atoms with E-state index in [1.807, 2.05) is 17.5 Å². The highest BCUT2D eigenvalue weighted by molar-refractivity contribution is 7.89. The summed E-state index contributed by atoms with van der Waals surface area (Å²) in [7, 11) is -3.74. The Morgan fingerprint density at radius 3 is 2.67 bits per heavy atom. The van der Waals surface area contributed by atoms with Crippen LogP contribution in [0, 0.1) is 0 Å². The zero-order valence-corrected chi connectivity index (χ0v) is 13.2. The third kappa shape index (κ3) is 3.34. The van der Waals surface area contributed by atoms with Gasteiger partial charge in [-0.1, -0.05) is 6.07 Å². The molecule has 114 valence electrons. The molecule has 0 aromatic carbocycles. The highest BCUT2D eigenvalue weighted by atomic mass is 32.2. The molecule has 0 spiro atoms. The van der Waals surface area contributed by atoms with Crippen LogP contribution >= 0.6 is 11.3 Å². The maximum Gasteiger partial charge on any atom is 0.352 e. The molecule has 2 N–H and O–H groups in total. The molecule has 21 heavy (non-hydrogen) atoms. The lowest BCUT2D eigenvalue weighted by atomic mass is 10.4. The number of nitrogens with zero attached hydrogens (tertiary/aromatic N) is 1. The Kier molecular flexibility index (Phi) is 4.50. The molecule has 0 saturated carbocycles. The molecule has 0 unspecified atom stereocenters. The number of aromatic carboxylic acids is 1. The topological polar surface area (TPSA) is 90.5 Å². The minimum atomic E-state index is -3.74. The van der Waals surface area contributed by atoms with Gasteiger partial charge >= 0.3 is 5.97 Å². The SMILES string of the molecule is CC(C)N(Cc1cccs1)S(=O)(=O)c1c[nH]c(C(=O)O)c1. The second kappa shape index (κ2) is 6.00. The monoisotopic (exact) mass is 328 g/mol. The third-order valence-corrected chi connectivity index (χ3v) is 5.82. The number of hydrogen-bond acceptors (Lipinski definition) is 4. The first-order valence-electron chi connectivity index (χ1n) is 6.28. The predicted molar refractivity (Wildman–Crippen MR) is 79.9 cm³/mol. The highest BCUT2D eigenvalue weighted by Crippen LogP contribution is 2.23. The van der Waals surface area contributed by atoms with Crippen molar-refractivity contribution in [3.8, 4) is 0 Å². The van der Waals surface area contributed by atoms with Gasteiger partial charge in [-0.05, 0) is 31.4 Å². The number of aromatic amines is 1. The van der Waals surface area contributed by atoms with Crippen molar-refractivity contribution < 1.29 is 18.3 Å². The van der Waals surface area contributed by atoms with Gasteiger partial charge < -0.3 is 10.1 Å². The first-order valence-corrected chi connectivity index (χ1v) is 8.60. The first-order chi connectivity index (χ1) is 9.82. The number of sulfonamides is 1. The fourth-order valence-corrected chi connectivity index (χ4v) is 4.28. The Balaban J connectivity index is 2.35. The standard InChI is InChI=1S/C13H16N2O4S2/c1-9(2)15(8-10-4-3-5-20-10)21(18,19)11-6-12(13(16)17)14-7-11/h3-7,9,14H,8H2,1-2H3,(H,16,17). The molecule has 0 aliphatic carbocycles. The van der Waals surface area contributed by atoms with Crippen LogP contribution in [0.4, 0.5) is 0 Å². The summed E-state index contributed by atoms with van der Waals surface area (Å²) in [6, 6.07) is 4.64. The van der Waals surface area contributed by atoms with Crippen LogP contribution in [0.3, 0.4) is 0 Å². The molecule has 0 aliphatic heterocycles. The Morgan fingerprint density at radius 1 is 1.48 bits per heavy atom. The van der Waals surface area contributed by atoms with Crippen molar-refractivity contribution in [1.82, 2.24) is 9.29 Å². The molecule has 0 amide bonds. The van der Waals surface area contributed by atoms with Crippen molar-refractivity contribution in [2.24, 2.45) is 0 Å². The lowest BCUT2D eigenvalue weighted by Crippen LogP contribution is -2.36. The summed E-state index contributed by atoms with van der Waals surface area (Å²) in [4.78, 5) is 14.2. The largest absolute Gasteiger partial charge is 0.477 e. The van der Waals surface area contributed by atoms with Gasteiger partial charge in [-0.2, -0.15) is 4.31 Å². The van der Waals surface area contributed by atoms with E-state index in [0.29, 0.717) is 0 Å². The van der Waals surface area contributed by atoms with Gasteiger partial charge in [-0.25, -0.2) is 13.2 Å². The van der Waals surface area contributed by atoms with Gasteiger partial charge in [0.25, 0.3) is 0 Å². The predicted octanol–water partition coefficient (Wildman–Crippen LogP) is 2.37. The first kappa shape index (κ1) is 15.7. The second-order valence-corrected chi connectivity index (χ2v) is 7.70. The number of H-pyrrole nitrogens is 1. The molecule has 2 rings (SSSR count). The van der Waals surface area contributed by atoms with Crippen LogP contribution in [0.2, 0.25) is 0 Å². The molecule has 0 fully saturated rings. The Bertz CT molecular complexity index is 717. The van der Waals surface area contributed by atoms with Crippen molar-refractivity contribution >= 4 is 27.3 Å². The van der Waals surface area contributed by atoms with Crippen molar-refractivity contribution in [3.63, 3.8) is 0 Å². The van der Waals surface area contributed by atoms with Gasteiger partial charge in [0.05, 0.1) is 0 Å². The van der Waals surface area contributed by atoms with Crippen LogP contribution in [0.1, 0.15) is 29.2 Å². The van der Waals surface area contributed by atoms with Gasteiger partial charge in [0.2, 0.25) is 10.0 Å². The molecule has 0 radical (unpaired) electrons. The lowest BCUT2D eigenvalue weighted by molar-refractivity contribution is 0.0691. The summed E-state index contributed by atoms with van der Waals surface area (Å²) in [5, 5.41) is 10.8. The summed E-state index contributed by atoms with van der Waals surface area (Å²) in [5.41, 5.74) is -0.145. The molecule has 8 heteroatoms. The van der Waals surface area contributed by atoms with Crippen LogP contribution < -0.4 is 0 Å². The van der Waals surface area contributed by atoms with Crippen LogP contribution in [0.25, 0.3) is 0 Å². The lowest BCUT2D eigenvalue weighted by Gasteiger charge is -2.24. The van der Waals surface area contributed by atoms with Crippen LogP contribution in [0.5, 0.6) is 0 Å². The molecule has 2 aromatic heterocycles. The minimum Gasteiger partial charge on any atom is -0.477 e. The van der Waals surface area contributed by atoms with Crippen molar-refractivity contribution in [2.75, 3.05) is 0 Å². The second-order valence-electron chi connectivity index (χ2n) is 4.78. The van der Waals surface area contributed by atoms with E-state index in [-0.39, 0.29) is 23.2 Å². The molecule has 0 atom stereocenters. The number of carboxylic acids is 1. The maximum atomic E-state index is 12.7. The Hall–Kier alpha value is -1.64. The van der Waals surface area contributed by atoms with E-state index in [9.17, 15) is 13.2 Å². The average molecular weight is 328 g/mol. The van der Waals surface area contributed by atoms with E-state index >= 15 is 0 Å². The maximum absolute atomic E-state index is 12.7. The molecule has 0 aliphatic rings. The van der Waals surface area contributed by atoms with E-state index < -0.39 is 16.0 Å². The van der Waals surface area contributed by atoms with E-state index in [0.717, 1.165) is 10.9 Å². The van der Waals surface area contributed by atoms with E-state index in [1.54, 1.807) is 13.8 Å². The molecular weight excluding hydrogens is 312 g/mol. The highest BCUT2D eigenvalue weighted by Gasteiger charge is 2.29. The molecule has 6 nitrogen and oxygen atoms in total. The summed E-state index contributed by atoms with van der Waals surface area (Å²) >= 11 is 1.48. The third-order valence-electron chi connectivity index (χ3n) is 2.96. The fourth-order valence-electron chi connectivity index (χ4n) is 1.88. The van der Waals surface area contributed by atoms with Crippen molar-refractivity contribution in [2.45, 2.75) is 31.3 Å². The Morgan fingerprint density at radius 2 is 2.19 bits per heavy atom. The van der Waals surface area contributed by atoms with Crippen molar-refractivity contribution in [1.29, 1.82) is 0 Å². The average Bonchev–Trinajstić information content (AvgIpc) is 3.06. The minimum absolute atomic E-state index is 0.0369.